The molecular formula is C16H23NO5S. The average molecular weight is 341 g/mol. The lowest BCUT2D eigenvalue weighted by atomic mass is 9.92. The zero-order valence-corrected chi connectivity index (χ0v) is 14.7. The van der Waals surface area contributed by atoms with E-state index in [2.05, 4.69) is 0 Å². The average Bonchev–Trinajstić information content (AvgIpc) is 2.48. The molecule has 0 aliphatic carbocycles. The number of carboxylic acid groups (broad SMARTS) is 1. The zero-order valence-electron chi connectivity index (χ0n) is 13.9. The Bertz CT molecular complexity index is 713. The summed E-state index contributed by atoms with van der Waals surface area (Å²) in [5, 5.41) is 9.24. The van der Waals surface area contributed by atoms with E-state index < -0.39 is 21.9 Å². The molecule has 7 heteroatoms. The third kappa shape index (κ3) is 3.50. The first-order valence-corrected chi connectivity index (χ1v) is 8.99. The molecule has 1 fully saturated rings. The number of piperidine rings is 1. The van der Waals surface area contributed by atoms with Crippen molar-refractivity contribution >= 4 is 16.0 Å². The Labute approximate surface area is 137 Å². The van der Waals surface area contributed by atoms with Gasteiger partial charge in [0.2, 0.25) is 10.0 Å². The number of rotatable bonds is 4. The molecule has 128 valence electrons. The van der Waals surface area contributed by atoms with E-state index in [4.69, 9.17) is 4.74 Å². The van der Waals surface area contributed by atoms with Gasteiger partial charge in [-0.2, -0.15) is 4.31 Å². The third-order valence-corrected chi connectivity index (χ3v) is 6.26. The number of benzene rings is 1. The van der Waals surface area contributed by atoms with Gasteiger partial charge in [0.1, 0.15) is 5.75 Å². The summed E-state index contributed by atoms with van der Waals surface area (Å²) >= 11 is 0. The molecule has 0 bridgehead atoms. The zero-order chi connectivity index (χ0) is 17.4. The fraction of sp³-hybridized carbons (Fsp3) is 0.562. The van der Waals surface area contributed by atoms with E-state index in [-0.39, 0.29) is 17.4 Å². The third-order valence-electron chi connectivity index (χ3n) is 4.29. The van der Waals surface area contributed by atoms with Crippen LogP contribution in [0.5, 0.6) is 5.75 Å². The van der Waals surface area contributed by atoms with Crippen LogP contribution < -0.4 is 4.74 Å². The number of aryl methyl sites for hydroxylation is 2. The smallest absolute Gasteiger partial charge is 0.307 e. The fourth-order valence-electron chi connectivity index (χ4n) is 3.08. The van der Waals surface area contributed by atoms with Crippen molar-refractivity contribution in [2.24, 2.45) is 11.8 Å². The monoisotopic (exact) mass is 341 g/mol. The Morgan fingerprint density at radius 2 is 1.91 bits per heavy atom. The van der Waals surface area contributed by atoms with Gasteiger partial charge >= 0.3 is 5.97 Å². The fourth-order valence-corrected chi connectivity index (χ4v) is 4.97. The molecule has 0 amide bonds. The van der Waals surface area contributed by atoms with Crippen LogP contribution in [0.2, 0.25) is 0 Å². The van der Waals surface area contributed by atoms with Crippen LogP contribution in [0.4, 0.5) is 0 Å². The first-order valence-electron chi connectivity index (χ1n) is 7.55. The van der Waals surface area contributed by atoms with Crippen LogP contribution in [0.25, 0.3) is 0 Å². The van der Waals surface area contributed by atoms with Gasteiger partial charge in [0.25, 0.3) is 0 Å². The molecule has 23 heavy (non-hydrogen) atoms. The molecule has 1 heterocycles. The van der Waals surface area contributed by atoms with Crippen molar-refractivity contribution in [3.63, 3.8) is 0 Å². The maximum Gasteiger partial charge on any atom is 0.307 e. The van der Waals surface area contributed by atoms with Crippen molar-refractivity contribution in [1.82, 2.24) is 4.31 Å². The first kappa shape index (κ1) is 17.7. The molecule has 0 spiro atoms. The van der Waals surface area contributed by atoms with E-state index >= 15 is 0 Å². The summed E-state index contributed by atoms with van der Waals surface area (Å²) in [4.78, 5) is 11.5. The van der Waals surface area contributed by atoms with Gasteiger partial charge in [-0.05, 0) is 49.4 Å². The summed E-state index contributed by atoms with van der Waals surface area (Å²) in [6, 6.07) is 3.29. The molecule has 2 rings (SSSR count). The van der Waals surface area contributed by atoms with Crippen molar-refractivity contribution < 1.29 is 23.1 Å². The number of nitrogens with zero attached hydrogens (tertiary/aromatic N) is 1. The van der Waals surface area contributed by atoms with Crippen LogP contribution in [0.3, 0.4) is 0 Å². The molecule has 1 N–H and O–H groups in total. The summed E-state index contributed by atoms with van der Waals surface area (Å²) in [5.74, 6) is -0.955. The van der Waals surface area contributed by atoms with Crippen LogP contribution in [0.1, 0.15) is 24.5 Å². The number of carbonyl (C=O) groups is 1. The highest BCUT2D eigenvalue weighted by atomic mass is 32.2. The summed E-state index contributed by atoms with van der Waals surface area (Å²) in [5.41, 5.74) is 1.33. The number of carboxylic acids is 1. The maximum atomic E-state index is 13.0. The topological polar surface area (TPSA) is 83.9 Å². The van der Waals surface area contributed by atoms with Crippen LogP contribution in [-0.4, -0.2) is 44.0 Å². The Morgan fingerprint density at radius 1 is 1.26 bits per heavy atom. The molecule has 0 aromatic heterocycles. The minimum absolute atomic E-state index is 0.0132. The van der Waals surface area contributed by atoms with Gasteiger partial charge in [-0.15, -0.1) is 0 Å². The van der Waals surface area contributed by atoms with Gasteiger partial charge in [-0.3, -0.25) is 4.79 Å². The van der Waals surface area contributed by atoms with Crippen molar-refractivity contribution in [2.45, 2.75) is 32.1 Å². The van der Waals surface area contributed by atoms with Crippen molar-refractivity contribution in [2.75, 3.05) is 20.2 Å². The Morgan fingerprint density at radius 3 is 2.48 bits per heavy atom. The number of ether oxygens (including phenoxy) is 1. The highest BCUT2D eigenvalue weighted by molar-refractivity contribution is 7.89. The van der Waals surface area contributed by atoms with Gasteiger partial charge in [0, 0.05) is 13.1 Å². The summed E-state index contributed by atoms with van der Waals surface area (Å²) < 4.78 is 32.4. The molecule has 0 saturated carbocycles. The molecule has 2 atom stereocenters. The van der Waals surface area contributed by atoms with Gasteiger partial charge < -0.3 is 9.84 Å². The summed E-state index contributed by atoms with van der Waals surface area (Å²) in [7, 11) is -2.18. The SMILES string of the molecule is COc1cc(C)c(S(=O)(=O)N2CC(C)CC(C(=O)O)C2)cc1C. The van der Waals surface area contributed by atoms with Gasteiger partial charge in [-0.25, -0.2) is 8.42 Å². The summed E-state index contributed by atoms with van der Waals surface area (Å²) in [6.07, 6.45) is 0.502. The largest absolute Gasteiger partial charge is 0.496 e. The Balaban J connectivity index is 2.42. The standard InChI is InChI=1S/C16H23NO5S/c1-10-5-13(16(18)19)9-17(8-10)23(20,21)15-7-11(2)14(22-4)6-12(15)3/h6-7,10,13H,5,8-9H2,1-4H3,(H,18,19). The second-order valence-electron chi connectivity index (χ2n) is 6.29. The highest BCUT2D eigenvalue weighted by Gasteiger charge is 2.36. The van der Waals surface area contributed by atoms with Crippen LogP contribution in [-0.2, 0) is 14.8 Å². The number of hydrogen-bond donors (Lipinski definition) is 1. The maximum absolute atomic E-state index is 13.0. The van der Waals surface area contributed by atoms with Crippen LogP contribution in [0.15, 0.2) is 17.0 Å². The van der Waals surface area contributed by atoms with Crippen molar-refractivity contribution in [3.05, 3.63) is 23.3 Å². The number of sulfonamides is 1. The van der Waals surface area contributed by atoms with E-state index in [1.165, 1.54) is 4.31 Å². The summed E-state index contributed by atoms with van der Waals surface area (Å²) in [6.45, 7) is 5.75. The van der Waals surface area contributed by atoms with Crippen molar-refractivity contribution in [3.8, 4) is 5.75 Å². The molecule has 1 aromatic rings. The molecule has 1 aromatic carbocycles. The highest BCUT2D eigenvalue weighted by Crippen LogP contribution is 2.31. The number of hydrogen-bond acceptors (Lipinski definition) is 4. The minimum Gasteiger partial charge on any atom is -0.496 e. The molecule has 1 saturated heterocycles. The molecule has 1 aliphatic rings. The van der Waals surface area contributed by atoms with Crippen LogP contribution in [0, 0.1) is 25.7 Å². The minimum atomic E-state index is -3.73. The second-order valence-corrected chi connectivity index (χ2v) is 8.19. The first-order chi connectivity index (χ1) is 10.7. The molecule has 2 unspecified atom stereocenters. The predicted molar refractivity (Wildman–Crippen MR) is 86.1 cm³/mol. The molecule has 6 nitrogen and oxygen atoms in total. The Kier molecular flexibility index (Phi) is 5.01. The predicted octanol–water partition coefficient (Wildman–Crippen LogP) is 2.04. The number of aliphatic carboxylic acids is 1. The van der Waals surface area contributed by atoms with Crippen molar-refractivity contribution in [1.29, 1.82) is 0 Å². The van der Waals surface area contributed by atoms with Gasteiger partial charge in [0.15, 0.2) is 0 Å². The van der Waals surface area contributed by atoms with E-state index in [0.717, 1.165) is 5.56 Å². The van der Waals surface area contributed by atoms with Crippen LogP contribution >= 0.6 is 0 Å². The molecule has 1 aliphatic heterocycles. The molecule has 0 radical (unpaired) electrons. The quantitative estimate of drug-likeness (QED) is 0.906. The normalized spacial score (nSPS) is 22.8. The molecular weight excluding hydrogens is 318 g/mol. The van der Waals surface area contributed by atoms with E-state index in [0.29, 0.717) is 24.3 Å². The lowest BCUT2D eigenvalue weighted by Crippen LogP contribution is -2.45. The van der Waals surface area contributed by atoms with E-state index in [1.54, 1.807) is 33.1 Å². The lowest BCUT2D eigenvalue weighted by Gasteiger charge is -2.34. The lowest BCUT2D eigenvalue weighted by molar-refractivity contribution is -0.143. The van der Waals surface area contributed by atoms with E-state index in [1.807, 2.05) is 6.92 Å². The van der Waals surface area contributed by atoms with E-state index in [9.17, 15) is 18.3 Å². The van der Waals surface area contributed by atoms with Gasteiger partial charge in [0.05, 0.1) is 17.9 Å². The Hall–Kier alpha value is -1.60. The second kappa shape index (κ2) is 6.49. The number of methoxy groups -OCH3 is 1. The van der Waals surface area contributed by atoms with Gasteiger partial charge in [-0.1, -0.05) is 6.92 Å².